The molecule has 17 heavy (non-hydrogen) atoms. The molecule has 5 nitrogen and oxygen atoms in total. The number of aliphatic hydroxyl groups is 2. The van der Waals surface area contributed by atoms with Gasteiger partial charge in [0, 0.05) is 0 Å². The molecule has 0 unspecified atom stereocenters. The molecule has 0 spiro atoms. The van der Waals surface area contributed by atoms with Crippen molar-refractivity contribution in [2.45, 2.75) is 25.4 Å². The van der Waals surface area contributed by atoms with Gasteiger partial charge in [0.25, 0.3) is 0 Å². The lowest BCUT2D eigenvalue weighted by Gasteiger charge is -2.48. The van der Waals surface area contributed by atoms with Gasteiger partial charge in [-0.05, 0) is 12.5 Å². The summed E-state index contributed by atoms with van der Waals surface area (Å²) in [6.45, 7) is 1.64. The number of nitrogens with zero attached hydrogens (tertiary/aromatic N) is 1. The molecule has 1 aliphatic rings. The number of rotatable bonds is 2. The molecule has 1 amide bonds. The molecule has 5 heteroatoms. The minimum atomic E-state index is -1.79. The summed E-state index contributed by atoms with van der Waals surface area (Å²) >= 11 is 0. The van der Waals surface area contributed by atoms with Gasteiger partial charge in [0.15, 0.2) is 0 Å². The van der Waals surface area contributed by atoms with Crippen LogP contribution in [-0.2, 0) is 11.3 Å². The topological polar surface area (TPSA) is 70.0 Å². The molecule has 1 aliphatic heterocycles. The van der Waals surface area contributed by atoms with E-state index in [1.807, 2.05) is 30.3 Å². The smallest absolute Gasteiger partial charge is 0.410 e. The Kier molecular flexibility index (Phi) is 3.04. The van der Waals surface area contributed by atoms with Gasteiger partial charge in [-0.3, -0.25) is 4.90 Å². The van der Waals surface area contributed by atoms with Crippen molar-refractivity contribution in [2.24, 2.45) is 0 Å². The fourth-order valence-corrected chi connectivity index (χ4v) is 1.68. The minimum Gasteiger partial charge on any atom is -0.445 e. The van der Waals surface area contributed by atoms with E-state index in [4.69, 9.17) is 4.74 Å². The zero-order chi connectivity index (χ0) is 12.5. The predicted octanol–water partition coefficient (Wildman–Crippen LogP) is 0.708. The van der Waals surface area contributed by atoms with Crippen molar-refractivity contribution >= 4 is 6.09 Å². The molecule has 2 N–H and O–H groups in total. The fourth-order valence-electron chi connectivity index (χ4n) is 1.68. The molecule has 0 bridgehead atoms. The van der Waals surface area contributed by atoms with E-state index in [1.165, 1.54) is 4.90 Å². The Hall–Kier alpha value is -1.59. The Bertz CT molecular complexity index is 404. The largest absolute Gasteiger partial charge is 0.445 e. The molecule has 1 aromatic rings. The van der Waals surface area contributed by atoms with Crippen LogP contribution in [0.5, 0.6) is 0 Å². The number of carbonyl (C=O) groups is 1. The van der Waals surface area contributed by atoms with Crippen LogP contribution in [0, 0.1) is 0 Å². The molecule has 1 fully saturated rings. The highest BCUT2D eigenvalue weighted by Gasteiger charge is 2.50. The van der Waals surface area contributed by atoms with Crippen LogP contribution in [0.25, 0.3) is 0 Å². The second-order valence-corrected chi connectivity index (χ2v) is 4.22. The first-order chi connectivity index (χ1) is 8.00. The highest BCUT2D eigenvalue weighted by atomic mass is 16.6. The van der Waals surface area contributed by atoms with E-state index in [-0.39, 0.29) is 13.2 Å². The lowest BCUT2D eigenvalue weighted by molar-refractivity contribution is -0.266. The van der Waals surface area contributed by atoms with Gasteiger partial charge in [-0.25, -0.2) is 4.79 Å². The Morgan fingerprint density at radius 2 is 2.12 bits per heavy atom. The molecular weight excluding hydrogens is 222 g/mol. The van der Waals surface area contributed by atoms with Crippen molar-refractivity contribution < 1.29 is 19.7 Å². The molecule has 1 saturated heterocycles. The van der Waals surface area contributed by atoms with E-state index in [9.17, 15) is 15.0 Å². The molecular formula is C12H15NO4. The van der Waals surface area contributed by atoms with E-state index in [0.717, 1.165) is 5.56 Å². The van der Waals surface area contributed by atoms with Crippen molar-refractivity contribution in [1.29, 1.82) is 0 Å². The summed E-state index contributed by atoms with van der Waals surface area (Å²) in [5, 5.41) is 18.6. The van der Waals surface area contributed by atoms with Gasteiger partial charge in [0.1, 0.15) is 6.61 Å². The third-order valence-corrected chi connectivity index (χ3v) is 2.98. The summed E-state index contributed by atoms with van der Waals surface area (Å²) in [5.41, 5.74) is 0.897. The van der Waals surface area contributed by atoms with Gasteiger partial charge >= 0.3 is 6.09 Å². The zero-order valence-electron chi connectivity index (χ0n) is 9.54. The third kappa shape index (κ3) is 2.40. The summed E-state index contributed by atoms with van der Waals surface area (Å²) in [7, 11) is 0. The average molecular weight is 237 g/mol. The van der Waals surface area contributed by atoms with Gasteiger partial charge in [-0.15, -0.1) is 0 Å². The van der Waals surface area contributed by atoms with Crippen LogP contribution in [0.4, 0.5) is 4.79 Å². The molecule has 0 radical (unpaired) electrons. The maximum Gasteiger partial charge on any atom is 0.410 e. The van der Waals surface area contributed by atoms with Crippen molar-refractivity contribution in [3.63, 3.8) is 0 Å². The van der Waals surface area contributed by atoms with Crippen LogP contribution in [-0.4, -0.2) is 39.6 Å². The minimum absolute atomic E-state index is 0.109. The van der Waals surface area contributed by atoms with E-state index >= 15 is 0 Å². The van der Waals surface area contributed by atoms with Crippen LogP contribution in [0.15, 0.2) is 30.3 Å². The number of hydrogen-bond donors (Lipinski definition) is 2. The van der Waals surface area contributed by atoms with Gasteiger partial charge in [0.05, 0.1) is 12.6 Å². The number of carbonyl (C=O) groups excluding carboxylic acids is 1. The Morgan fingerprint density at radius 1 is 1.47 bits per heavy atom. The number of amides is 1. The summed E-state index contributed by atoms with van der Waals surface area (Å²) in [4.78, 5) is 12.9. The summed E-state index contributed by atoms with van der Waals surface area (Å²) in [5.74, 6) is -1.79. The Labute approximate surface area is 99.2 Å². The molecule has 2 rings (SSSR count). The van der Waals surface area contributed by atoms with Crippen LogP contribution in [0.1, 0.15) is 12.5 Å². The van der Waals surface area contributed by atoms with Crippen LogP contribution >= 0.6 is 0 Å². The first-order valence-electron chi connectivity index (χ1n) is 5.43. The summed E-state index contributed by atoms with van der Waals surface area (Å²) in [6, 6.07) is 8.69. The maximum absolute atomic E-state index is 11.6. The van der Waals surface area contributed by atoms with Crippen molar-refractivity contribution in [1.82, 2.24) is 4.90 Å². The van der Waals surface area contributed by atoms with E-state index in [2.05, 4.69) is 0 Å². The average Bonchev–Trinajstić information content (AvgIpc) is 2.34. The number of likely N-dealkylation sites (tertiary alicyclic amines) is 1. The third-order valence-electron chi connectivity index (χ3n) is 2.98. The highest BCUT2D eigenvalue weighted by molar-refractivity contribution is 5.69. The molecule has 1 atom stereocenters. The molecule has 1 heterocycles. The van der Waals surface area contributed by atoms with Crippen molar-refractivity contribution in [3.8, 4) is 0 Å². The van der Waals surface area contributed by atoms with Crippen LogP contribution in [0.2, 0.25) is 0 Å². The van der Waals surface area contributed by atoms with Crippen molar-refractivity contribution in [2.75, 3.05) is 6.54 Å². The van der Waals surface area contributed by atoms with E-state index in [0.29, 0.717) is 0 Å². The molecule has 0 saturated carbocycles. The normalized spacial score (nSPS) is 21.8. The number of ether oxygens (including phenoxy) is 1. The molecule has 0 aliphatic carbocycles. The number of β-amino-alcohol motifs (C(OH)–C–C–N with tert-alkyl or cyclic N) is 2. The standard InChI is InChI=1S/C12H15NO4/c1-9-12(15,16)8-13(9)11(14)17-7-10-5-3-2-4-6-10/h2-6,9,15-16H,7-8H2,1H3/t9-/m0/s1. The lowest BCUT2D eigenvalue weighted by Crippen LogP contribution is -2.69. The second-order valence-electron chi connectivity index (χ2n) is 4.22. The monoisotopic (exact) mass is 237 g/mol. The Morgan fingerprint density at radius 3 is 2.65 bits per heavy atom. The molecule has 92 valence electrons. The zero-order valence-corrected chi connectivity index (χ0v) is 9.54. The predicted molar refractivity (Wildman–Crippen MR) is 60.0 cm³/mol. The van der Waals surface area contributed by atoms with E-state index < -0.39 is 17.9 Å². The van der Waals surface area contributed by atoms with Gasteiger partial charge in [-0.1, -0.05) is 30.3 Å². The lowest BCUT2D eigenvalue weighted by atomic mass is 9.98. The van der Waals surface area contributed by atoms with Gasteiger partial charge < -0.3 is 14.9 Å². The maximum atomic E-state index is 11.6. The van der Waals surface area contributed by atoms with Crippen molar-refractivity contribution in [3.05, 3.63) is 35.9 Å². The van der Waals surface area contributed by atoms with Gasteiger partial charge in [-0.2, -0.15) is 0 Å². The SMILES string of the molecule is C[C@@H]1N(C(=O)OCc2ccccc2)CC1(O)O. The van der Waals surface area contributed by atoms with Crippen LogP contribution < -0.4 is 0 Å². The van der Waals surface area contributed by atoms with Gasteiger partial charge in [0.2, 0.25) is 5.79 Å². The summed E-state index contributed by atoms with van der Waals surface area (Å²) in [6.07, 6.45) is -0.528. The summed E-state index contributed by atoms with van der Waals surface area (Å²) < 4.78 is 5.06. The number of hydrogen-bond acceptors (Lipinski definition) is 4. The Balaban J connectivity index is 1.84. The fraction of sp³-hybridized carbons (Fsp3) is 0.417. The quantitative estimate of drug-likeness (QED) is 0.743. The molecule has 1 aromatic carbocycles. The first-order valence-corrected chi connectivity index (χ1v) is 5.43. The van der Waals surface area contributed by atoms with Crippen LogP contribution in [0.3, 0.4) is 0 Å². The highest BCUT2D eigenvalue weighted by Crippen LogP contribution is 2.27. The molecule has 0 aromatic heterocycles. The number of benzene rings is 1. The second kappa shape index (κ2) is 4.35. The first kappa shape index (κ1) is 11.9. The van der Waals surface area contributed by atoms with E-state index in [1.54, 1.807) is 6.92 Å².